The summed E-state index contributed by atoms with van der Waals surface area (Å²) in [5.74, 6) is -0.848. The molecule has 1 aliphatic rings. The standard InChI is InChI=1S/C15H16N2O2S/c18-14(19)8-11-9-20-15(16-11)17-13-7-3-5-10-4-1-2-6-12(10)13/h3,5,7,9H,1-2,4,6,8H2,(H,16,17)(H,18,19). The third-order valence-electron chi connectivity index (χ3n) is 3.52. The zero-order chi connectivity index (χ0) is 13.9. The van der Waals surface area contributed by atoms with Crippen LogP contribution in [-0.2, 0) is 24.1 Å². The van der Waals surface area contributed by atoms with Crippen LogP contribution in [0.25, 0.3) is 0 Å². The van der Waals surface area contributed by atoms with Gasteiger partial charge >= 0.3 is 5.97 Å². The van der Waals surface area contributed by atoms with E-state index in [1.54, 1.807) is 5.38 Å². The number of aryl methyl sites for hydroxylation is 1. The molecule has 0 unspecified atom stereocenters. The first-order valence-electron chi connectivity index (χ1n) is 6.76. The van der Waals surface area contributed by atoms with E-state index in [4.69, 9.17) is 5.11 Å². The minimum absolute atomic E-state index is 0.0227. The Morgan fingerprint density at radius 3 is 3.05 bits per heavy atom. The number of carboxylic acids is 1. The van der Waals surface area contributed by atoms with Gasteiger partial charge in [-0.15, -0.1) is 11.3 Å². The van der Waals surface area contributed by atoms with Crippen molar-refractivity contribution in [3.63, 3.8) is 0 Å². The van der Waals surface area contributed by atoms with E-state index in [2.05, 4.69) is 28.5 Å². The highest BCUT2D eigenvalue weighted by Crippen LogP contribution is 2.30. The van der Waals surface area contributed by atoms with Gasteiger partial charge in [0.2, 0.25) is 0 Å². The SMILES string of the molecule is O=C(O)Cc1csc(Nc2cccc3c2CCCC3)n1. The maximum Gasteiger partial charge on any atom is 0.309 e. The normalized spacial score (nSPS) is 13.8. The number of anilines is 2. The predicted octanol–water partition coefficient (Wildman–Crippen LogP) is 3.39. The highest BCUT2D eigenvalue weighted by molar-refractivity contribution is 7.13. The number of hydrogen-bond acceptors (Lipinski definition) is 4. The molecule has 5 heteroatoms. The van der Waals surface area contributed by atoms with Crippen molar-refractivity contribution in [2.45, 2.75) is 32.1 Å². The van der Waals surface area contributed by atoms with Crippen molar-refractivity contribution in [1.29, 1.82) is 0 Å². The van der Waals surface area contributed by atoms with Gasteiger partial charge in [0.25, 0.3) is 0 Å². The monoisotopic (exact) mass is 288 g/mol. The van der Waals surface area contributed by atoms with E-state index in [1.165, 1.54) is 35.3 Å². The molecule has 20 heavy (non-hydrogen) atoms. The van der Waals surface area contributed by atoms with Crippen LogP contribution in [0.3, 0.4) is 0 Å². The Balaban J connectivity index is 1.81. The van der Waals surface area contributed by atoms with E-state index in [0.29, 0.717) is 5.69 Å². The molecule has 0 amide bonds. The summed E-state index contributed by atoms with van der Waals surface area (Å²) < 4.78 is 0. The molecule has 1 heterocycles. The number of carbonyl (C=O) groups is 1. The average Bonchev–Trinajstić information content (AvgIpc) is 2.86. The van der Waals surface area contributed by atoms with E-state index in [0.717, 1.165) is 23.7 Å². The van der Waals surface area contributed by atoms with Crippen LogP contribution in [0, 0.1) is 0 Å². The van der Waals surface area contributed by atoms with Crippen molar-refractivity contribution >= 4 is 28.1 Å². The van der Waals surface area contributed by atoms with Gasteiger partial charge in [0, 0.05) is 11.1 Å². The number of rotatable bonds is 4. The second-order valence-corrected chi connectivity index (χ2v) is 5.85. The number of nitrogens with one attached hydrogen (secondary N) is 1. The van der Waals surface area contributed by atoms with Crippen LogP contribution in [0.15, 0.2) is 23.6 Å². The molecule has 0 atom stereocenters. The van der Waals surface area contributed by atoms with Gasteiger partial charge in [0.1, 0.15) is 0 Å². The Labute approximate surface area is 121 Å². The minimum atomic E-state index is -0.848. The summed E-state index contributed by atoms with van der Waals surface area (Å²) in [6, 6.07) is 6.33. The van der Waals surface area contributed by atoms with Gasteiger partial charge in [-0.3, -0.25) is 4.79 Å². The Kier molecular flexibility index (Phi) is 3.69. The van der Waals surface area contributed by atoms with Gasteiger partial charge in [-0.2, -0.15) is 0 Å². The van der Waals surface area contributed by atoms with Gasteiger partial charge in [-0.25, -0.2) is 4.98 Å². The minimum Gasteiger partial charge on any atom is -0.481 e. The largest absolute Gasteiger partial charge is 0.481 e. The van der Waals surface area contributed by atoms with Crippen LogP contribution in [-0.4, -0.2) is 16.1 Å². The summed E-state index contributed by atoms with van der Waals surface area (Å²) in [4.78, 5) is 15.0. The van der Waals surface area contributed by atoms with E-state index in [9.17, 15) is 4.79 Å². The molecule has 2 aromatic rings. The van der Waals surface area contributed by atoms with Crippen molar-refractivity contribution < 1.29 is 9.90 Å². The molecule has 0 saturated carbocycles. The molecule has 1 aromatic carbocycles. The molecule has 0 aliphatic heterocycles. The topological polar surface area (TPSA) is 62.2 Å². The number of nitrogens with zero attached hydrogens (tertiary/aromatic N) is 1. The number of fused-ring (bicyclic) bond motifs is 1. The fourth-order valence-electron chi connectivity index (χ4n) is 2.61. The molecule has 104 valence electrons. The lowest BCUT2D eigenvalue weighted by molar-refractivity contribution is -0.136. The fourth-order valence-corrected chi connectivity index (χ4v) is 3.34. The molecule has 0 radical (unpaired) electrons. The van der Waals surface area contributed by atoms with E-state index < -0.39 is 5.97 Å². The summed E-state index contributed by atoms with van der Waals surface area (Å²) >= 11 is 1.45. The number of aliphatic carboxylic acids is 1. The molecule has 0 bridgehead atoms. The first-order chi connectivity index (χ1) is 9.72. The van der Waals surface area contributed by atoms with E-state index in [1.807, 2.05) is 0 Å². The highest BCUT2D eigenvalue weighted by Gasteiger charge is 2.14. The summed E-state index contributed by atoms with van der Waals surface area (Å²) in [5.41, 5.74) is 4.52. The fraction of sp³-hybridized carbons (Fsp3) is 0.333. The van der Waals surface area contributed by atoms with Crippen LogP contribution in [0.2, 0.25) is 0 Å². The second-order valence-electron chi connectivity index (χ2n) is 4.99. The number of hydrogen-bond donors (Lipinski definition) is 2. The van der Waals surface area contributed by atoms with Crippen molar-refractivity contribution in [1.82, 2.24) is 4.98 Å². The second kappa shape index (κ2) is 5.63. The summed E-state index contributed by atoms with van der Waals surface area (Å²) in [5, 5.41) is 14.7. The Morgan fingerprint density at radius 2 is 2.20 bits per heavy atom. The third kappa shape index (κ3) is 2.82. The first kappa shape index (κ1) is 13.1. The zero-order valence-corrected chi connectivity index (χ0v) is 11.9. The molecule has 0 fully saturated rings. The molecule has 1 aliphatic carbocycles. The van der Waals surface area contributed by atoms with Crippen molar-refractivity contribution in [2.24, 2.45) is 0 Å². The predicted molar refractivity (Wildman–Crippen MR) is 79.8 cm³/mol. The average molecular weight is 288 g/mol. The Morgan fingerprint density at radius 1 is 1.35 bits per heavy atom. The van der Waals surface area contributed by atoms with E-state index >= 15 is 0 Å². The number of benzene rings is 1. The Bertz CT molecular complexity index is 637. The third-order valence-corrected chi connectivity index (χ3v) is 4.33. The van der Waals surface area contributed by atoms with Gasteiger partial charge in [-0.1, -0.05) is 12.1 Å². The van der Waals surface area contributed by atoms with Crippen LogP contribution in [0.4, 0.5) is 10.8 Å². The van der Waals surface area contributed by atoms with Gasteiger partial charge in [0.15, 0.2) is 5.13 Å². The zero-order valence-electron chi connectivity index (χ0n) is 11.1. The Hall–Kier alpha value is -1.88. The number of thiazole rings is 1. The number of carboxylic acid groups (broad SMARTS) is 1. The lowest BCUT2D eigenvalue weighted by atomic mass is 9.90. The van der Waals surface area contributed by atoms with Gasteiger partial charge in [-0.05, 0) is 42.9 Å². The lowest BCUT2D eigenvalue weighted by Gasteiger charge is -2.19. The molecule has 0 saturated heterocycles. The summed E-state index contributed by atoms with van der Waals surface area (Å²) in [7, 11) is 0. The smallest absolute Gasteiger partial charge is 0.309 e. The quantitative estimate of drug-likeness (QED) is 0.905. The van der Waals surface area contributed by atoms with Crippen LogP contribution in [0.1, 0.15) is 29.7 Å². The first-order valence-corrected chi connectivity index (χ1v) is 7.64. The molecule has 2 N–H and O–H groups in total. The molecule has 1 aromatic heterocycles. The van der Waals surface area contributed by atoms with Crippen LogP contribution < -0.4 is 5.32 Å². The molecular weight excluding hydrogens is 272 g/mol. The molecule has 4 nitrogen and oxygen atoms in total. The molecule has 3 rings (SSSR count). The van der Waals surface area contributed by atoms with E-state index in [-0.39, 0.29) is 6.42 Å². The maximum absolute atomic E-state index is 10.7. The lowest BCUT2D eigenvalue weighted by Crippen LogP contribution is -2.06. The van der Waals surface area contributed by atoms with Crippen LogP contribution in [0.5, 0.6) is 0 Å². The van der Waals surface area contributed by atoms with Gasteiger partial charge in [0.05, 0.1) is 12.1 Å². The molecule has 0 spiro atoms. The van der Waals surface area contributed by atoms with Crippen molar-refractivity contribution in [3.05, 3.63) is 40.4 Å². The highest BCUT2D eigenvalue weighted by atomic mass is 32.1. The van der Waals surface area contributed by atoms with Crippen molar-refractivity contribution in [2.75, 3.05) is 5.32 Å². The van der Waals surface area contributed by atoms with Crippen LogP contribution >= 0.6 is 11.3 Å². The number of aromatic nitrogens is 1. The molecular formula is C15H16N2O2S. The van der Waals surface area contributed by atoms with Crippen molar-refractivity contribution in [3.8, 4) is 0 Å². The van der Waals surface area contributed by atoms with Gasteiger partial charge < -0.3 is 10.4 Å². The maximum atomic E-state index is 10.7. The summed E-state index contributed by atoms with van der Waals surface area (Å²) in [6.45, 7) is 0. The summed E-state index contributed by atoms with van der Waals surface area (Å²) in [6.07, 6.45) is 4.72.